The van der Waals surface area contributed by atoms with Gasteiger partial charge in [0.25, 0.3) is 0 Å². The van der Waals surface area contributed by atoms with Crippen LogP contribution in [0.4, 0.5) is 5.82 Å². The number of fused-ring (bicyclic) bond motifs is 1. The minimum atomic E-state index is -0.321. The van der Waals surface area contributed by atoms with E-state index in [0.29, 0.717) is 11.6 Å². The Morgan fingerprint density at radius 1 is 1.47 bits per heavy atom. The molecule has 2 saturated heterocycles. The summed E-state index contributed by atoms with van der Waals surface area (Å²) in [5.41, 5.74) is 1.28. The molecule has 102 valence electrons. The molecule has 0 bridgehead atoms. The Hall–Kier alpha value is -1.62. The Morgan fingerprint density at radius 3 is 3.05 bits per heavy atom. The highest BCUT2D eigenvalue weighted by atomic mass is 16.5. The lowest BCUT2D eigenvalue weighted by Gasteiger charge is -2.25. The highest BCUT2D eigenvalue weighted by Gasteiger charge is 2.38. The number of anilines is 1. The molecule has 0 spiro atoms. The average Bonchev–Trinajstić information content (AvgIpc) is 3.00. The zero-order valence-corrected chi connectivity index (χ0v) is 11.3. The lowest BCUT2D eigenvalue weighted by atomic mass is 10.1. The van der Waals surface area contributed by atoms with Crippen molar-refractivity contribution in [2.75, 3.05) is 31.6 Å². The SMILES string of the molecule is COC(=O)c1ccc(N2CC[C@H]3CNC[C@H]32)nc1C. The molecule has 0 amide bonds. The second-order valence-electron chi connectivity index (χ2n) is 5.26. The summed E-state index contributed by atoms with van der Waals surface area (Å²) in [6, 6.07) is 4.30. The van der Waals surface area contributed by atoms with Crippen molar-refractivity contribution >= 4 is 11.8 Å². The number of hydrogen-bond donors (Lipinski definition) is 1. The van der Waals surface area contributed by atoms with Crippen molar-refractivity contribution in [3.63, 3.8) is 0 Å². The van der Waals surface area contributed by atoms with Crippen LogP contribution in [0.5, 0.6) is 0 Å². The molecule has 2 fully saturated rings. The zero-order chi connectivity index (χ0) is 13.4. The number of carbonyl (C=O) groups is 1. The van der Waals surface area contributed by atoms with Gasteiger partial charge in [0.05, 0.1) is 18.4 Å². The van der Waals surface area contributed by atoms with Gasteiger partial charge >= 0.3 is 5.97 Å². The van der Waals surface area contributed by atoms with Crippen LogP contribution in [0.2, 0.25) is 0 Å². The van der Waals surface area contributed by atoms with E-state index in [-0.39, 0.29) is 5.97 Å². The molecule has 19 heavy (non-hydrogen) atoms. The first-order valence-corrected chi connectivity index (χ1v) is 6.74. The fourth-order valence-corrected chi connectivity index (χ4v) is 3.17. The van der Waals surface area contributed by atoms with Gasteiger partial charge in [-0.15, -0.1) is 0 Å². The first-order valence-electron chi connectivity index (χ1n) is 6.74. The van der Waals surface area contributed by atoms with Crippen molar-refractivity contribution in [3.05, 3.63) is 23.4 Å². The fraction of sp³-hybridized carbons (Fsp3) is 0.571. The third-order valence-electron chi connectivity index (χ3n) is 4.22. The van der Waals surface area contributed by atoms with Crippen LogP contribution in [0.3, 0.4) is 0 Å². The van der Waals surface area contributed by atoms with Gasteiger partial charge in [-0.25, -0.2) is 9.78 Å². The van der Waals surface area contributed by atoms with Crippen LogP contribution in [0.1, 0.15) is 22.5 Å². The normalized spacial score (nSPS) is 25.5. The number of rotatable bonds is 2. The number of aryl methyl sites for hydroxylation is 1. The number of aromatic nitrogens is 1. The molecule has 1 aromatic rings. The van der Waals surface area contributed by atoms with Crippen LogP contribution >= 0.6 is 0 Å². The molecule has 1 aromatic heterocycles. The molecule has 2 aliphatic heterocycles. The second kappa shape index (κ2) is 4.81. The van der Waals surface area contributed by atoms with E-state index in [2.05, 4.69) is 15.2 Å². The maximum absolute atomic E-state index is 11.6. The summed E-state index contributed by atoms with van der Waals surface area (Å²) in [4.78, 5) is 18.5. The molecule has 3 rings (SSSR count). The molecule has 0 radical (unpaired) electrons. The summed E-state index contributed by atoms with van der Waals surface area (Å²) in [6.45, 7) is 5.06. The summed E-state index contributed by atoms with van der Waals surface area (Å²) in [7, 11) is 1.39. The molecule has 3 heterocycles. The zero-order valence-electron chi connectivity index (χ0n) is 11.3. The van der Waals surface area contributed by atoms with E-state index < -0.39 is 0 Å². The first kappa shape index (κ1) is 12.4. The molecule has 0 saturated carbocycles. The second-order valence-corrected chi connectivity index (χ2v) is 5.26. The van der Waals surface area contributed by atoms with Crippen molar-refractivity contribution < 1.29 is 9.53 Å². The largest absolute Gasteiger partial charge is 0.465 e. The van der Waals surface area contributed by atoms with Crippen LogP contribution in [-0.2, 0) is 4.74 Å². The summed E-state index contributed by atoms with van der Waals surface area (Å²) >= 11 is 0. The van der Waals surface area contributed by atoms with Crippen molar-refractivity contribution in [2.24, 2.45) is 5.92 Å². The highest BCUT2D eigenvalue weighted by molar-refractivity contribution is 5.90. The first-order chi connectivity index (χ1) is 9.20. The molecule has 0 aliphatic carbocycles. The highest BCUT2D eigenvalue weighted by Crippen LogP contribution is 2.31. The fourth-order valence-electron chi connectivity index (χ4n) is 3.17. The van der Waals surface area contributed by atoms with Gasteiger partial charge in [-0.3, -0.25) is 0 Å². The predicted molar refractivity (Wildman–Crippen MR) is 72.4 cm³/mol. The minimum absolute atomic E-state index is 0.321. The number of nitrogens with zero attached hydrogens (tertiary/aromatic N) is 2. The summed E-state index contributed by atoms with van der Waals surface area (Å²) in [6.07, 6.45) is 1.22. The van der Waals surface area contributed by atoms with Gasteiger partial charge in [-0.05, 0) is 31.4 Å². The third kappa shape index (κ3) is 2.08. The third-order valence-corrected chi connectivity index (χ3v) is 4.22. The molecule has 0 unspecified atom stereocenters. The Morgan fingerprint density at radius 2 is 2.32 bits per heavy atom. The number of nitrogens with one attached hydrogen (secondary N) is 1. The van der Waals surface area contributed by atoms with Crippen LogP contribution in [0, 0.1) is 12.8 Å². The van der Waals surface area contributed by atoms with E-state index in [1.807, 2.05) is 19.1 Å². The number of carbonyl (C=O) groups excluding carboxylic acids is 1. The van der Waals surface area contributed by atoms with E-state index in [4.69, 9.17) is 4.74 Å². The monoisotopic (exact) mass is 261 g/mol. The van der Waals surface area contributed by atoms with Crippen molar-refractivity contribution in [3.8, 4) is 0 Å². The van der Waals surface area contributed by atoms with Gasteiger partial charge in [-0.2, -0.15) is 0 Å². The van der Waals surface area contributed by atoms with Crippen molar-refractivity contribution in [1.82, 2.24) is 10.3 Å². The van der Waals surface area contributed by atoms with Crippen molar-refractivity contribution in [2.45, 2.75) is 19.4 Å². The van der Waals surface area contributed by atoms with E-state index >= 15 is 0 Å². The van der Waals surface area contributed by atoms with E-state index in [0.717, 1.165) is 37.1 Å². The minimum Gasteiger partial charge on any atom is -0.465 e. The summed E-state index contributed by atoms with van der Waals surface area (Å²) in [5, 5.41) is 3.43. The number of methoxy groups -OCH3 is 1. The van der Waals surface area contributed by atoms with Crippen molar-refractivity contribution in [1.29, 1.82) is 0 Å². The predicted octanol–water partition coefficient (Wildman–Crippen LogP) is 0.975. The lowest BCUT2D eigenvalue weighted by molar-refractivity contribution is 0.0599. The topological polar surface area (TPSA) is 54.5 Å². The number of pyridine rings is 1. The van der Waals surface area contributed by atoms with Gasteiger partial charge < -0.3 is 15.0 Å². The van der Waals surface area contributed by atoms with Crippen LogP contribution in [0.25, 0.3) is 0 Å². The molecule has 1 N–H and O–H groups in total. The van der Waals surface area contributed by atoms with Crippen LogP contribution in [-0.4, -0.2) is 43.7 Å². The molecule has 2 aliphatic rings. The maximum atomic E-state index is 11.6. The van der Waals surface area contributed by atoms with Gasteiger partial charge in [0, 0.05) is 25.7 Å². The Kier molecular flexibility index (Phi) is 3.14. The Labute approximate surface area is 113 Å². The van der Waals surface area contributed by atoms with Gasteiger partial charge in [-0.1, -0.05) is 0 Å². The summed E-state index contributed by atoms with van der Waals surface area (Å²) in [5.74, 6) is 1.39. The Bertz CT molecular complexity index is 503. The quantitative estimate of drug-likeness (QED) is 0.804. The Balaban J connectivity index is 1.86. The van der Waals surface area contributed by atoms with Gasteiger partial charge in [0.2, 0.25) is 0 Å². The molecule has 2 atom stereocenters. The molecular weight excluding hydrogens is 242 g/mol. The van der Waals surface area contributed by atoms with Gasteiger partial charge in [0.15, 0.2) is 0 Å². The number of esters is 1. The molecule has 5 nitrogen and oxygen atoms in total. The lowest BCUT2D eigenvalue weighted by Crippen LogP contribution is -2.34. The molecular formula is C14H19N3O2. The maximum Gasteiger partial charge on any atom is 0.339 e. The smallest absolute Gasteiger partial charge is 0.339 e. The standard InChI is InChI=1S/C14H19N3O2/c1-9-11(14(18)19-2)3-4-13(16-9)17-6-5-10-7-15-8-12(10)17/h3-4,10,12,15H,5-8H2,1-2H3/t10-,12+/m0/s1. The van der Waals surface area contributed by atoms with Crippen LogP contribution in [0.15, 0.2) is 12.1 Å². The molecule has 5 heteroatoms. The summed E-state index contributed by atoms with van der Waals surface area (Å²) < 4.78 is 4.75. The average molecular weight is 261 g/mol. The van der Waals surface area contributed by atoms with Crippen LogP contribution < -0.4 is 10.2 Å². The van der Waals surface area contributed by atoms with Gasteiger partial charge in [0.1, 0.15) is 5.82 Å². The van der Waals surface area contributed by atoms with E-state index in [1.165, 1.54) is 13.5 Å². The van der Waals surface area contributed by atoms with E-state index in [9.17, 15) is 4.79 Å². The number of ether oxygens (including phenoxy) is 1. The number of hydrogen-bond acceptors (Lipinski definition) is 5. The van der Waals surface area contributed by atoms with E-state index in [1.54, 1.807) is 0 Å². The molecule has 0 aromatic carbocycles.